The second-order valence-electron chi connectivity index (χ2n) is 4.81. The number of rotatable bonds is 2. The molecule has 2 N–H and O–H groups in total. The molecule has 0 fully saturated rings. The fourth-order valence-electron chi connectivity index (χ4n) is 2.30. The van der Waals surface area contributed by atoms with E-state index in [2.05, 4.69) is 4.99 Å². The van der Waals surface area contributed by atoms with Crippen LogP contribution in [0.1, 0.15) is 31.0 Å². The molecule has 0 bridgehead atoms. The van der Waals surface area contributed by atoms with E-state index in [1.807, 2.05) is 0 Å². The summed E-state index contributed by atoms with van der Waals surface area (Å²) in [6.45, 7) is 3.41. The predicted octanol–water partition coefficient (Wildman–Crippen LogP) is 2.95. The predicted molar refractivity (Wildman–Crippen MR) is 68.2 cm³/mol. The second kappa shape index (κ2) is 4.81. The fourth-order valence-corrected chi connectivity index (χ4v) is 2.30. The Morgan fingerprint density at radius 2 is 1.90 bits per heavy atom. The molecule has 0 aliphatic carbocycles. The summed E-state index contributed by atoms with van der Waals surface area (Å²) in [4.78, 5) is 16.6. The molecule has 2 amide bonds. The quantitative estimate of drug-likeness (QED) is 0.908. The number of hydrogen-bond acceptors (Lipinski definition) is 2. The Kier molecular flexibility index (Phi) is 3.45. The first-order valence-electron chi connectivity index (χ1n) is 6.06. The van der Waals surface area contributed by atoms with Gasteiger partial charge in [0.1, 0.15) is 11.9 Å². The third-order valence-electron chi connectivity index (χ3n) is 3.12. The van der Waals surface area contributed by atoms with Gasteiger partial charge in [-0.1, -0.05) is 18.2 Å². The summed E-state index contributed by atoms with van der Waals surface area (Å²) in [6, 6.07) is 3.20. The normalized spacial score (nSPS) is 19.7. The highest BCUT2D eigenvalue weighted by Crippen LogP contribution is 2.38. The van der Waals surface area contributed by atoms with Crippen LogP contribution in [-0.2, 0) is 6.18 Å². The lowest BCUT2D eigenvalue weighted by Crippen LogP contribution is -2.39. The van der Waals surface area contributed by atoms with Crippen LogP contribution in [0.5, 0.6) is 0 Å². The molecule has 108 valence electrons. The van der Waals surface area contributed by atoms with Crippen molar-refractivity contribution in [2.45, 2.75) is 32.1 Å². The molecule has 0 aromatic heterocycles. The van der Waals surface area contributed by atoms with Crippen molar-refractivity contribution in [2.24, 2.45) is 10.7 Å². The number of nitrogens with zero attached hydrogens (tertiary/aromatic N) is 2. The van der Waals surface area contributed by atoms with Crippen LogP contribution >= 0.6 is 0 Å². The molecular weight excluding hydrogens is 271 g/mol. The van der Waals surface area contributed by atoms with E-state index in [0.29, 0.717) is 0 Å². The average molecular weight is 285 g/mol. The zero-order valence-corrected chi connectivity index (χ0v) is 11.0. The van der Waals surface area contributed by atoms with E-state index >= 15 is 0 Å². The fraction of sp³-hybridized carbons (Fsp3) is 0.385. The Balaban J connectivity index is 2.56. The van der Waals surface area contributed by atoms with Crippen molar-refractivity contribution in [3.63, 3.8) is 0 Å². The van der Waals surface area contributed by atoms with Crippen LogP contribution in [0.4, 0.5) is 18.0 Å². The maximum Gasteiger partial charge on any atom is 0.416 e. The molecule has 1 heterocycles. The maximum absolute atomic E-state index is 13.1. The van der Waals surface area contributed by atoms with E-state index in [1.54, 1.807) is 13.8 Å². The minimum absolute atomic E-state index is 0.0548. The Morgan fingerprint density at radius 1 is 1.30 bits per heavy atom. The number of nitrogens with two attached hydrogens (primary N) is 1. The number of carbonyl (C=O) groups is 1. The van der Waals surface area contributed by atoms with E-state index in [4.69, 9.17) is 5.73 Å². The number of carbonyl (C=O) groups excluding carboxylic acids is 1. The van der Waals surface area contributed by atoms with E-state index in [-0.39, 0.29) is 17.4 Å². The molecule has 1 atom stereocenters. The lowest BCUT2D eigenvalue weighted by molar-refractivity contribution is -0.138. The first-order chi connectivity index (χ1) is 9.23. The lowest BCUT2D eigenvalue weighted by atomic mass is 9.97. The standard InChI is InChI=1S/C13H14F3N3O/c1-7(2)19-10(11(17)18-12(19)20)8-5-3-4-6-9(8)13(14,15)16/h3-7,10H,1-2H3,(H2,17,18,20). The molecule has 1 aromatic rings. The van der Waals surface area contributed by atoms with Gasteiger partial charge in [0.05, 0.1) is 5.56 Å². The molecule has 0 spiro atoms. The van der Waals surface area contributed by atoms with E-state index in [1.165, 1.54) is 23.1 Å². The van der Waals surface area contributed by atoms with Crippen LogP contribution in [0.2, 0.25) is 0 Å². The Morgan fingerprint density at radius 3 is 2.45 bits per heavy atom. The molecular formula is C13H14F3N3O. The molecule has 7 heteroatoms. The minimum atomic E-state index is -4.51. The summed E-state index contributed by atoms with van der Waals surface area (Å²) in [5, 5.41) is 0. The number of aliphatic imine (C=N–C) groups is 1. The number of hydrogen-bond donors (Lipinski definition) is 1. The number of alkyl halides is 3. The SMILES string of the molecule is CC(C)N1C(=O)N=C(N)C1c1ccccc1C(F)(F)F. The molecule has 1 aromatic carbocycles. The first kappa shape index (κ1) is 14.4. The van der Waals surface area contributed by atoms with Gasteiger partial charge in [-0.05, 0) is 25.5 Å². The highest BCUT2D eigenvalue weighted by molar-refractivity contribution is 6.03. The molecule has 1 aliphatic heterocycles. The highest BCUT2D eigenvalue weighted by atomic mass is 19.4. The minimum Gasteiger partial charge on any atom is -0.385 e. The lowest BCUT2D eigenvalue weighted by Gasteiger charge is -2.29. The first-order valence-corrected chi connectivity index (χ1v) is 6.06. The van der Waals surface area contributed by atoms with E-state index in [9.17, 15) is 18.0 Å². The number of amidine groups is 1. The van der Waals surface area contributed by atoms with Crippen molar-refractivity contribution in [1.29, 1.82) is 0 Å². The second-order valence-corrected chi connectivity index (χ2v) is 4.81. The monoisotopic (exact) mass is 285 g/mol. The van der Waals surface area contributed by atoms with Crippen molar-refractivity contribution in [3.05, 3.63) is 35.4 Å². The van der Waals surface area contributed by atoms with Crippen LogP contribution in [0.25, 0.3) is 0 Å². The third kappa shape index (κ3) is 2.35. The number of amides is 2. The van der Waals surface area contributed by atoms with Gasteiger partial charge in [-0.2, -0.15) is 18.2 Å². The molecule has 2 rings (SSSR count). The summed E-state index contributed by atoms with van der Waals surface area (Å²) in [5.41, 5.74) is 4.80. The van der Waals surface area contributed by atoms with Crippen molar-refractivity contribution in [3.8, 4) is 0 Å². The maximum atomic E-state index is 13.1. The summed E-state index contributed by atoms with van der Waals surface area (Å²) in [5.74, 6) is -0.111. The molecule has 0 saturated heterocycles. The Hall–Kier alpha value is -2.05. The Labute approximate surface area is 114 Å². The van der Waals surface area contributed by atoms with Crippen molar-refractivity contribution in [2.75, 3.05) is 0 Å². The van der Waals surface area contributed by atoms with Crippen LogP contribution < -0.4 is 5.73 Å². The number of urea groups is 1. The van der Waals surface area contributed by atoms with Gasteiger partial charge in [0.15, 0.2) is 0 Å². The van der Waals surface area contributed by atoms with Crippen molar-refractivity contribution in [1.82, 2.24) is 4.90 Å². The number of benzene rings is 1. The van der Waals surface area contributed by atoms with Crippen molar-refractivity contribution < 1.29 is 18.0 Å². The summed E-state index contributed by atoms with van der Waals surface area (Å²) in [6.07, 6.45) is -4.51. The third-order valence-corrected chi connectivity index (χ3v) is 3.12. The highest BCUT2D eigenvalue weighted by Gasteiger charge is 2.42. The zero-order valence-electron chi connectivity index (χ0n) is 11.0. The van der Waals surface area contributed by atoms with Gasteiger partial charge in [-0.3, -0.25) is 0 Å². The topological polar surface area (TPSA) is 58.7 Å². The summed E-state index contributed by atoms with van der Waals surface area (Å²) in [7, 11) is 0. The van der Waals surface area contributed by atoms with Crippen LogP contribution in [0.15, 0.2) is 29.3 Å². The van der Waals surface area contributed by atoms with Gasteiger partial charge >= 0.3 is 12.2 Å². The van der Waals surface area contributed by atoms with Crippen LogP contribution in [0, 0.1) is 0 Å². The molecule has 0 saturated carbocycles. The van der Waals surface area contributed by atoms with E-state index < -0.39 is 23.8 Å². The van der Waals surface area contributed by atoms with Crippen LogP contribution in [0.3, 0.4) is 0 Å². The van der Waals surface area contributed by atoms with Gasteiger partial charge in [0, 0.05) is 6.04 Å². The molecule has 4 nitrogen and oxygen atoms in total. The molecule has 0 radical (unpaired) electrons. The van der Waals surface area contributed by atoms with Crippen molar-refractivity contribution >= 4 is 11.9 Å². The average Bonchev–Trinajstić information content (AvgIpc) is 2.63. The summed E-state index contributed by atoms with van der Waals surface area (Å²) < 4.78 is 39.2. The van der Waals surface area contributed by atoms with Gasteiger partial charge in [-0.25, -0.2) is 4.79 Å². The smallest absolute Gasteiger partial charge is 0.385 e. The van der Waals surface area contributed by atoms with Gasteiger partial charge in [0.25, 0.3) is 0 Å². The van der Waals surface area contributed by atoms with Gasteiger partial charge < -0.3 is 10.6 Å². The van der Waals surface area contributed by atoms with E-state index in [0.717, 1.165) is 6.07 Å². The molecule has 1 unspecified atom stereocenters. The number of halogens is 3. The molecule has 20 heavy (non-hydrogen) atoms. The van der Waals surface area contributed by atoms with Gasteiger partial charge in [0.2, 0.25) is 0 Å². The zero-order chi connectivity index (χ0) is 15.1. The Bertz CT molecular complexity index is 566. The largest absolute Gasteiger partial charge is 0.416 e. The van der Waals surface area contributed by atoms with Gasteiger partial charge in [-0.15, -0.1) is 0 Å². The molecule has 1 aliphatic rings. The summed E-state index contributed by atoms with van der Waals surface area (Å²) >= 11 is 0. The van der Waals surface area contributed by atoms with Crippen LogP contribution in [-0.4, -0.2) is 22.8 Å².